The summed E-state index contributed by atoms with van der Waals surface area (Å²) in [7, 11) is 1.57. The number of halogens is 2. The summed E-state index contributed by atoms with van der Waals surface area (Å²) in [5, 5.41) is 7.64. The Kier molecular flexibility index (Phi) is 9.88. The zero-order valence-corrected chi connectivity index (χ0v) is 23.1. The van der Waals surface area contributed by atoms with Crippen LogP contribution in [0.25, 0.3) is 6.08 Å². The molecule has 0 saturated heterocycles. The van der Waals surface area contributed by atoms with Crippen LogP contribution in [-0.2, 0) is 4.79 Å². The molecule has 206 valence electrons. The maximum Gasteiger partial charge on any atom is 0.336 e. The van der Waals surface area contributed by atoms with Gasteiger partial charge in [0.2, 0.25) is 0 Å². The van der Waals surface area contributed by atoms with Gasteiger partial charge in [0.1, 0.15) is 11.5 Å². The first-order valence-electron chi connectivity index (χ1n) is 12.1. The van der Waals surface area contributed by atoms with Gasteiger partial charge < -0.3 is 14.8 Å². The van der Waals surface area contributed by atoms with Gasteiger partial charge in [-0.15, -0.1) is 0 Å². The Labute approximate surface area is 246 Å². The van der Waals surface area contributed by atoms with E-state index in [0.717, 1.165) is 5.56 Å². The SMILES string of the molecule is COc1ccc(/C=C/C(=O)Oc2ccc(Cl)cc2/C=N/NC(=O)c2ccc(NC(=O)c3ccc(Cl)cc3)cc2)cc1. The Balaban J connectivity index is 1.35. The molecule has 0 fully saturated rings. The molecule has 0 spiro atoms. The third-order valence-corrected chi connectivity index (χ3v) is 6.08. The van der Waals surface area contributed by atoms with Crippen LogP contribution in [0.5, 0.6) is 11.5 Å². The number of carbonyl (C=O) groups is 3. The summed E-state index contributed by atoms with van der Waals surface area (Å²) < 4.78 is 10.6. The van der Waals surface area contributed by atoms with Crippen molar-refractivity contribution in [3.05, 3.63) is 129 Å². The van der Waals surface area contributed by atoms with Crippen LogP contribution in [0.15, 0.2) is 102 Å². The minimum atomic E-state index is -0.606. The molecule has 0 heterocycles. The maximum atomic E-state index is 12.6. The van der Waals surface area contributed by atoms with Gasteiger partial charge in [0.15, 0.2) is 0 Å². The second-order valence-electron chi connectivity index (χ2n) is 8.45. The normalized spacial score (nSPS) is 10.9. The van der Waals surface area contributed by atoms with Gasteiger partial charge in [-0.25, -0.2) is 10.2 Å². The molecule has 2 amide bonds. The van der Waals surface area contributed by atoms with E-state index in [9.17, 15) is 14.4 Å². The predicted molar refractivity (Wildman–Crippen MR) is 160 cm³/mol. The number of ether oxygens (including phenoxy) is 2. The van der Waals surface area contributed by atoms with Crippen molar-refractivity contribution in [2.24, 2.45) is 5.10 Å². The molecule has 0 aromatic heterocycles. The van der Waals surface area contributed by atoms with Crippen molar-refractivity contribution >= 4 is 59.0 Å². The minimum Gasteiger partial charge on any atom is -0.497 e. The topological polar surface area (TPSA) is 106 Å². The van der Waals surface area contributed by atoms with Crippen molar-refractivity contribution in [1.29, 1.82) is 0 Å². The fraction of sp³-hybridized carbons (Fsp3) is 0.0323. The summed E-state index contributed by atoms with van der Waals surface area (Å²) in [5.74, 6) is -0.488. The molecule has 10 heteroatoms. The van der Waals surface area contributed by atoms with Gasteiger partial charge in [-0.2, -0.15) is 5.10 Å². The molecule has 0 aliphatic rings. The van der Waals surface area contributed by atoms with Gasteiger partial charge >= 0.3 is 5.97 Å². The average molecular weight is 588 g/mol. The van der Waals surface area contributed by atoms with Crippen LogP contribution in [0.4, 0.5) is 5.69 Å². The number of benzene rings is 4. The van der Waals surface area contributed by atoms with Crippen LogP contribution >= 0.6 is 23.2 Å². The fourth-order valence-electron chi connectivity index (χ4n) is 3.47. The van der Waals surface area contributed by atoms with Crippen LogP contribution in [0.1, 0.15) is 31.8 Å². The van der Waals surface area contributed by atoms with Crippen molar-refractivity contribution < 1.29 is 23.9 Å². The molecule has 0 bridgehead atoms. The van der Waals surface area contributed by atoms with E-state index in [0.29, 0.717) is 38.2 Å². The highest BCUT2D eigenvalue weighted by Crippen LogP contribution is 2.22. The van der Waals surface area contributed by atoms with E-state index in [-0.39, 0.29) is 11.7 Å². The molecule has 0 atom stereocenters. The van der Waals surface area contributed by atoms with Gasteiger partial charge in [-0.05, 0) is 90.5 Å². The standard InChI is InChI=1S/C31H23Cl2N3O5/c1-40-27-14-2-20(3-15-27)4-17-29(37)41-28-16-11-25(33)18-23(28)19-34-36-31(39)22-7-12-26(13-8-22)35-30(38)21-5-9-24(32)10-6-21/h2-19H,1H3,(H,35,38)(H,36,39)/b17-4+,34-19+. The van der Waals surface area contributed by atoms with Gasteiger partial charge in [0.25, 0.3) is 11.8 Å². The summed E-state index contributed by atoms with van der Waals surface area (Å²) in [5.41, 5.74) is 4.86. The average Bonchev–Trinajstić information content (AvgIpc) is 2.98. The number of anilines is 1. The summed E-state index contributed by atoms with van der Waals surface area (Å²) in [6.07, 6.45) is 4.22. The molecule has 4 aromatic rings. The van der Waals surface area contributed by atoms with E-state index >= 15 is 0 Å². The lowest BCUT2D eigenvalue weighted by Crippen LogP contribution is -2.18. The number of hydrogen-bond acceptors (Lipinski definition) is 6. The number of nitrogens with zero attached hydrogens (tertiary/aromatic N) is 1. The molecular weight excluding hydrogens is 565 g/mol. The van der Waals surface area contributed by atoms with Crippen LogP contribution in [0.2, 0.25) is 10.0 Å². The number of methoxy groups -OCH3 is 1. The quantitative estimate of drug-likeness (QED) is 0.0750. The first-order valence-corrected chi connectivity index (χ1v) is 12.9. The van der Waals surface area contributed by atoms with Crippen molar-refractivity contribution in [1.82, 2.24) is 5.43 Å². The van der Waals surface area contributed by atoms with Gasteiger partial charge in [0.05, 0.1) is 13.3 Å². The van der Waals surface area contributed by atoms with Crippen molar-refractivity contribution in [3.8, 4) is 11.5 Å². The van der Waals surface area contributed by atoms with E-state index in [2.05, 4.69) is 15.8 Å². The number of nitrogens with one attached hydrogen (secondary N) is 2. The lowest BCUT2D eigenvalue weighted by atomic mass is 10.1. The van der Waals surface area contributed by atoms with E-state index in [1.807, 2.05) is 0 Å². The Morgan fingerprint density at radius 3 is 2.10 bits per heavy atom. The third kappa shape index (κ3) is 8.53. The van der Waals surface area contributed by atoms with Gasteiger partial charge in [-0.3, -0.25) is 9.59 Å². The maximum absolute atomic E-state index is 12.6. The predicted octanol–water partition coefficient (Wildman–Crippen LogP) is 6.64. The van der Waals surface area contributed by atoms with Crippen molar-refractivity contribution in [2.45, 2.75) is 0 Å². The molecule has 0 saturated carbocycles. The molecular formula is C31H23Cl2N3O5. The number of hydrazone groups is 1. The lowest BCUT2D eigenvalue weighted by molar-refractivity contribution is -0.128. The molecule has 8 nitrogen and oxygen atoms in total. The smallest absolute Gasteiger partial charge is 0.336 e. The van der Waals surface area contributed by atoms with Crippen molar-refractivity contribution in [3.63, 3.8) is 0 Å². The first kappa shape index (κ1) is 29.1. The highest BCUT2D eigenvalue weighted by atomic mass is 35.5. The number of esters is 1. The first-order chi connectivity index (χ1) is 19.8. The van der Waals surface area contributed by atoms with Crippen molar-refractivity contribution in [2.75, 3.05) is 12.4 Å². The summed E-state index contributed by atoms with van der Waals surface area (Å²) in [6.45, 7) is 0. The molecule has 0 unspecified atom stereocenters. The van der Waals surface area contributed by atoms with Gasteiger partial charge in [0, 0.05) is 38.5 Å². The Morgan fingerprint density at radius 1 is 0.780 bits per heavy atom. The Hall–Kier alpha value is -4.92. The largest absolute Gasteiger partial charge is 0.497 e. The molecule has 0 aliphatic heterocycles. The second-order valence-corrected chi connectivity index (χ2v) is 9.32. The molecule has 2 N–H and O–H groups in total. The Morgan fingerprint density at radius 2 is 1.41 bits per heavy atom. The highest BCUT2D eigenvalue weighted by Gasteiger charge is 2.10. The number of hydrogen-bond donors (Lipinski definition) is 2. The lowest BCUT2D eigenvalue weighted by Gasteiger charge is -2.07. The summed E-state index contributed by atoms with van der Waals surface area (Å²) >= 11 is 12.0. The summed E-state index contributed by atoms with van der Waals surface area (Å²) in [6, 6.07) is 24.6. The molecule has 0 radical (unpaired) electrons. The van der Waals surface area contributed by atoms with Crippen LogP contribution in [0.3, 0.4) is 0 Å². The Bertz CT molecular complexity index is 1600. The molecule has 4 aromatic carbocycles. The molecule has 41 heavy (non-hydrogen) atoms. The number of amides is 2. The summed E-state index contributed by atoms with van der Waals surface area (Å²) in [4.78, 5) is 37.3. The zero-order valence-electron chi connectivity index (χ0n) is 21.6. The molecule has 0 aliphatic carbocycles. The minimum absolute atomic E-state index is 0.206. The van der Waals surface area contributed by atoms with E-state index in [1.54, 1.807) is 98.1 Å². The highest BCUT2D eigenvalue weighted by molar-refractivity contribution is 6.31. The fourth-order valence-corrected chi connectivity index (χ4v) is 3.78. The zero-order chi connectivity index (χ0) is 29.2. The van der Waals surface area contributed by atoms with E-state index in [4.69, 9.17) is 32.7 Å². The van der Waals surface area contributed by atoms with E-state index < -0.39 is 11.9 Å². The van der Waals surface area contributed by atoms with Crippen LogP contribution in [-0.4, -0.2) is 31.1 Å². The third-order valence-electron chi connectivity index (χ3n) is 5.59. The monoisotopic (exact) mass is 587 g/mol. The second kappa shape index (κ2) is 13.9. The van der Waals surface area contributed by atoms with Gasteiger partial charge in [-0.1, -0.05) is 35.3 Å². The number of rotatable bonds is 9. The van der Waals surface area contributed by atoms with Crippen LogP contribution < -0.4 is 20.2 Å². The number of carbonyl (C=O) groups excluding carboxylic acids is 3. The molecule has 4 rings (SSSR count). The van der Waals surface area contributed by atoms with Crippen LogP contribution in [0, 0.1) is 0 Å². The van der Waals surface area contributed by atoms with E-state index in [1.165, 1.54) is 18.4 Å².